The van der Waals surface area contributed by atoms with Crippen molar-refractivity contribution in [1.29, 1.82) is 0 Å². The molecule has 0 aliphatic heterocycles. The van der Waals surface area contributed by atoms with E-state index >= 15 is 0 Å². The van der Waals surface area contributed by atoms with Gasteiger partial charge in [-0.3, -0.25) is 0 Å². The number of aliphatic hydroxyl groups is 2. The molecule has 0 bridgehead atoms. The van der Waals surface area contributed by atoms with E-state index in [2.05, 4.69) is 0 Å². The molecule has 15 heavy (non-hydrogen) atoms. The Morgan fingerprint density at radius 2 is 1.13 bits per heavy atom. The third-order valence-corrected chi connectivity index (χ3v) is 1.75. The van der Waals surface area contributed by atoms with Crippen molar-refractivity contribution in [3.05, 3.63) is 34.6 Å². The zero-order chi connectivity index (χ0) is 11.7. The average Bonchev–Trinajstić information content (AvgIpc) is 2.23. The Morgan fingerprint density at radius 1 is 0.800 bits per heavy atom. The summed E-state index contributed by atoms with van der Waals surface area (Å²) in [5.41, 5.74) is -1.44. The van der Waals surface area contributed by atoms with Gasteiger partial charge in [-0.2, -0.15) is 0 Å². The summed E-state index contributed by atoms with van der Waals surface area (Å²) in [5, 5.41) is 17.2. The zero-order valence-electron chi connectivity index (χ0n) is 7.07. The maximum Gasteiger partial charge on any atom is 0.200 e. The van der Waals surface area contributed by atoms with Crippen LogP contribution in [0, 0.1) is 29.1 Å². The fourth-order valence-corrected chi connectivity index (χ4v) is 1.01. The molecule has 0 amide bonds. The predicted octanol–water partition coefficient (Wildman–Crippen LogP) is 1.41. The van der Waals surface area contributed by atoms with E-state index in [9.17, 15) is 22.0 Å². The van der Waals surface area contributed by atoms with Crippen LogP contribution in [0.15, 0.2) is 0 Å². The lowest BCUT2D eigenvalue weighted by molar-refractivity contribution is 0.0873. The van der Waals surface area contributed by atoms with Crippen molar-refractivity contribution in [2.24, 2.45) is 0 Å². The molecule has 0 spiro atoms. The van der Waals surface area contributed by atoms with E-state index in [1.165, 1.54) is 0 Å². The molecule has 0 saturated heterocycles. The fraction of sp³-hybridized carbons (Fsp3) is 0.250. The Hall–Kier alpha value is -1.21. The summed E-state index contributed by atoms with van der Waals surface area (Å²) in [5.74, 6) is -10.9. The number of rotatable bonds is 2. The maximum absolute atomic E-state index is 12.8. The number of aliphatic hydroxyl groups excluding tert-OH is 2. The number of halogens is 5. The molecule has 7 heteroatoms. The van der Waals surface area contributed by atoms with Crippen molar-refractivity contribution in [3.63, 3.8) is 0 Å². The van der Waals surface area contributed by atoms with Gasteiger partial charge in [0.1, 0.15) is 6.10 Å². The summed E-state index contributed by atoms with van der Waals surface area (Å²) >= 11 is 0. The molecule has 0 radical (unpaired) electrons. The van der Waals surface area contributed by atoms with Crippen LogP contribution < -0.4 is 0 Å². The SMILES string of the molecule is OC[C@H](O)c1c(F)c(F)c(F)c(F)c1F. The molecule has 1 atom stereocenters. The molecule has 0 heterocycles. The highest BCUT2D eigenvalue weighted by molar-refractivity contribution is 5.26. The maximum atomic E-state index is 12.8. The minimum Gasteiger partial charge on any atom is -0.393 e. The van der Waals surface area contributed by atoms with Crippen LogP contribution in [0.1, 0.15) is 11.7 Å². The Labute approximate surface area is 80.6 Å². The monoisotopic (exact) mass is 228 g/mol. The second-order valence-corrected chi connectivity index (χ2v) is 2.68. The Bertz CT molecular complexity index is 364. The van der Waals surface area contributed by atoms with Gasteiger partial charge in [0.05, 0.1) is 12.2 Å². The van der Waals surface area contributed by atoms with Crippen LogP contribution in [-0.4, -0.2) is 16.8 Å². The van der Waals surface area contributed by atoms with Gasteiger partial charge in [-0.05, 0) is 0 Å². The molecule has 0 fully saturated rings. The smallest absolute Gasteiger partial charge is 0.200 e. The Balaban J connectivity index is 3.52. The van der Waals surface area contributed by atoms with Crippen molar-refractivity contribution in [3.8, 4) is 0 Å². The first-order valence-corrected chi connectivity index (χ1v) is 3.72. The van der Waals surface area contributed by atoms with Gasteiger partial charge >= 0.3 is 0 Å². The quantitative estimate of drug-likeness (QED) is 0.456. The lowest BCUT2D eigenvalue weighted by Gasteiger charge is -2.11. The van der Waals surface area contributed by atoms with Gasteiger partial charge in [-0.25, -0.2) is 22.0 Å². The van der Waals surface area contributed by atoms with Crippen LogP contribution in [0.3, 0.4) is 0 Å². The van der Waals surface area contributed by atoms with Gasteiger partial charge in [0, 0.05) is 0 Å². The van der Waals surface area contributed by atoms with Crippen LogP contribution in [0.4, 0.5) is 22.0 Å². The van der Waals surface area contributed by atoms with Crippen LogP contribution in [0.25, 0.3) is 0 Å². The highest BCUT2D eigenvalue weighted by Gasteiger charge is 2.29. The van der Waals surface area contributed by atoms with E-state index < -0.39 is 47.4 Å². The van der Waals surface area contributed by atoms with Crippen LogP contribution in [0.2, 0.25) is 0 Å². The molecule has 0 aliphatic rings. The van der Waals surface area contributed by atoms with E-state index in [1.54, 1.807) is 0 Å². The Kier molecular flexibility index (Phi) is 3.25. The molecule has 2 N–H and O–H groups in total. The first-order valence-electron chi connectivity index (χ1n) is 3.72. The molecular weight excluding hydrogens is 223 g/mol. The summed E-state index contributed by atoms with van der Waals surface area (Å²) in [6.45, 7) is -1.15. The van der Waals surface area contributed by atoms with Crippen molar-refractivity contribution in [1.82, 2.24) is 0 Å². The third-order valence-electron chi connectivity index (χ3n) is 1.75. The molecule has 0 unspecified atom stereocenters. The predicted molar refractivity (Wildman–Crippen MR) is 38.3 cm³/mol. The molecule has 1 aromatic carbocycles. The molecular formula is C8H5F5O2. The molecule has 2 nitrogen and oxygen atoms in total. The van der Waals surface area contributed by atoms with E-state index in [0.717, 1.165) is 0 Å². The molecule has 0 aliphatic carbocycles. The highest BCUT2D eigenvalue weighted by atomic mass is 19.2. The van der Waals surface area contributed by atoms with Gasteiger partial charge < -0.3 is 10.2 Å². The van der Waals surface area contributed by atoms with Gasteiger partial charge in [0.25, 0.3) is 0 Å². The first kappa shape index (κ1) is 11.9. The molecule has 1 aromatic rings. The van der Waals surface area contributed by atoms with E-state index in [-0.39, 0.29) is 0 Å². The summed E-state index contributed by atoms with van der Waals surface area (Å²) in [7, 11) is 0. The molecule has 84 valence electrons. The van der Waals surface area contributed by atoms with E-state index in [0.29, 0.717) is 0 Å². The topological polar surface area (TPSA) is 40.5 Å². The summed E-state index contributed by atoms with van der Waals surface area (Å²) in [4.78, 5) is 0. The van der Waals surface area contributed by atoms with E-state index in [4.69, 9.17) is 10.2 Å². The standard InChI is InChI=1S/C8H5F5O2/c9-4-3(2(15)1-14)5(10)7(12)8(13)6(4)11/h2,14-15H,1H2/t2-/m0/s1. The molecule has 1 rings (SSSR count). The normalized spacial score (nSPS) is 13.0. The number of hydrogen-bond acceptors (Lipinski definition) is 2. The zero-order valence-corrected chi connectivity index (χ0v) is 7.07. The lowest BCUT2D eigenvalue weighted by Crippen LogP contribution is -2.13. The van der Waals surface area contributed by atoms with Crippen molar-refractivity contribution < 1.29 is 32.2 Å². The lowest BCUT2D eigenvalue weighted by atomic mass is 10.1. The summed E-state index contributed by atoms with van der Waals surface area (Å²) in [6.07, 6.45) is -2.16. The summed E-state index contributed by atoms with van der Waals surface area (Å²) in [6, 6.07) is 0. The minimum absolute atomic E-state index is 1.15. The van der Waals surface area contributed by atoms with Gasteiger partial charge in [0.15, 0.2) is 23.3 Å². The second-order valence-electron chi connectivity index (χ2n) is 2.68. The van der Waals surface area contributed by atoms with Crippen molar-refractivity contribution >= 4 is 0 Å². The van der Waals surface area contributed by atoms with E-state index in [1.807, 2.05) is 0 Å². The second kappa shape index (κ2) is 4.11. The van der Waals surface area contributed by atoms with Gasteiger partial charge in [-0.15, -0.1) is 0 Å². The number of hydrogen-bond donors (Lipinski definition) is 2. The average molecular weight is 228 g/mol. The molecule has 0 aromatic heterocycles. The minimum atomic E-state index is -2.31. The van der Waals surface area contributed by atoms with Crippen molar-refractivity contribution in [2.45, 2.75) is 6.10 Å². The largest absolute Gasteiger partial charge is 0.393 e. The summed E-state index contributed by atoms with van der Waals surface area (Å²) < 4.78 is 63.3. The fourth-order valence-electron chi connectivity index (χ4n) is 1.01. The third kappa shape index (κ3) is 1.80. The highest BCUT2D eigenvalue weighted by Crippen LogP contribution is 2.27. The van der Waals surface area contributed by atoms with Crippen molar-refractivity contribution in [2.75, 3.05) is 6.61 Å². The van der Waals surface area contributed by atoms with Crippen LogP contribution in [0.5, 0.6) is 0 Å². The van der Waals surface area contributed by atoms with Crippen LogP contribution in [-0.2, 0) is 0 Å². The van der Waals surface area contributed by atoms with Crippen LogP contribution >= 0.6 is 0 Å². The molecule has 0 saturated carbocycles. The van der Waals surface area contributed by atoms with Gasteiger partial charge in [0.2, 0.25) is 5.82 Å². The van der Waals surface area contributed by atoms with Gasteiger partial charge in [-0.1, -0.05) is 0 Å². The number of benzene rings is 1. The first-order chi connectivity index (χ1) is 6.91. The Morgan fingerprint density at radius 3 is 1.47 bits per heavy atom.